The van der Waals surface area contributed by atoms with Crippen LogP contribution in [0, 0.1) is 0 Å². The molecule has 128 valence electrons. The number of methoxy groups -OCH3 is 2. The van der Waals surface area contributed by atoms with Gasteiger partial charge in [-0.15, -0.1) is 0 Å². The Bertz CT molecular complexity index is 652. The van der Waals surface area contributed by atoms with Gasteiger partial charge in [-0.3, -0.25) is 0 Å². The van der Waals surface area contributed by atoms with Crippen LogP contribution in [0.25, 0.3) is 5.76 Å². The second-order valence-corrected chi connectivity index (χ2v) is 5.48. The fourth-order valence-corrected chi connectivity index (χ4v) is 2.24. The molecule has 0 saturated heterocycles. The third-order valence-electron chi connectivity index (χ3n) is 3.44. The third kappa shape index (κ3) is 5.32. The monoisotopic (exact) mass is 328 g/mol. The summed E-state index contributed by atoms with van der Waals surface area (Å²) in [4.78, 5) is 0. The van der Waals surface area contributed by atoms with E-state index in [1.807, 2.05) is 55.5 Å². The normalized spacial score (nSPS) is 11.6. The van der Waals surface area contributed by atoms with Gasteiger partial charge in [-0.05, 0) is 24.6 Å². The molecule has 0 amide bonds. The van der Waals surface area contributed by atoms with E-state index in [-0.39, 0.29) is 6.10 Å². The minimum atomic E-state index is -0.0666. The lowest BCUT2D eigenvalue weighted by molar-refractivity contribution is 0.0918. The van der Waals surface area contributed by atoms with Gasteiger partial charge in [0.1, 0.15) is 30.0 Å². The Morgan fingerprint density at radius 2 is 1.75 bits per heavy atom. The first-order valence-electron chi connectivity index (χ1n) is 7.83. The first kappa shape index (κ1) is 17.9. The molecule has 0 aliphatic carbocycles. The minimum Gasteiger partial charge on any atom is -0.497 e. The van der Waals surface area contributed by atoms with Gasteiger partial charge < -0.3 is 18.9 Å². The van der Waals surface area contributed by atoms with Crippen LogP contribution >= 0.6 is 0 Å². The average molecular weight is 328 g/mol. The van der Waals surface area contributed by atoms with Crippen LogP contribution < -0.4 is 9.47 Å². The SMILES string of the molecule is C=C(OC)c1cc(OCc2ccccc2)cc(O[C@@H](C)COC)c1. The van der Waals surface area contributed by atoms with Crippen molar-refractivity contribution in [2.24, 2.45) is 0 Å². The van der Waals surface area contributed by atoms with E-state index in [4.69, 9.17) is 18.9 Å². The topological polar surface area (TPSA) is 36.9 Å². The molecule has 0 heterocycles. The van der Waals surface area contributed by atoms with Gasteiger partial charge in [0.15, 0.2) is 0 Å². The van der Waals surface area contributed by atoms with Crippen molar-refractivity contribution in [3.8, 4) is 11.5 Å². The molecule has 0 spiro atoms. The van der Waals surface area contributed by atoms with Gasteiger partial charge in [-0.25, -0.2) is 0 Å². The highest BCUT2D eigenvalue weighted by Crippen LogP contribution is 2.28. The molecule has 2 rings (SSSR count). The van der Waals surface area contributed by atoms with Gasteiger partial charge in [0.25, 0.3) is 0 Å². The number of rotatable bonds is 9. The molecule has 1 atom stereocenters. The standard InChI is InChI=1S/C20H24O4/c1-15(13-21-3)24-20-11-18(16(2)22-4)10-19(12-20)23-14-17-8-6-5-7-9-17/h5-12,15H,2,13-14H2,1,3-4H3/t15-/m0/s1. The summed E-state index contributed by atoms with van der Waals surface area (Å²) >= 11 is 0. The highest BCUT2D eigenvalue weighted by molar-refractivity contribution is 5.61. The van der Waals surface area contributed by atoms with E-state index in [0.717, 1.165) is 11.1 Å². The predicted octanol–water partition coefficient (Wildman–Crippen LogP) is 4.30. The Labute approximate surface area is 143 Å². The van der Waals surface area contributed by atoms with Crippen molar-refractivity contribution in [1.82, 2.24) is 0 Å². The summed E-state index contributed by atoms with van der Waals surface area (Å²) in [6, 6.07) is 15.6. The van der Waals surface area contributed by atoms with E-state index in [1.165, 1.54) is 0 Å². The third-order valence-corrected chi connectivity index (χ3v) is 3.44. The molecule has 4 nitrogen and oxygen atoms in total. The van der Waals surface area contributed by atoms with Gasteiger partial charge in [0.05, 0.1) is 13.7 Å². The molecule has 2 aromatic carbocycles. The molecule has 0 saturated carbocycles. The molecule has 0 aromatic heterocycles. The quantitative estimate of drug-likeness (QED) is 0.643. The van der Waals surface area contributed by atoms with Crippen molar-refractivity contribution >= 4 is 5.76 Å². The maximum Gasteiger partial charge on any atom is 0.124 e. The van der Waals surface area contributed by atoms with E-state index in [9.17, 15) is 0 Å². The predicted molar refractivity (Wildman–Crippen MR) is 95.2 cm³/mol. The van der Waals surface area contributed by atoms with Crippen molar-refractivity contribution < 1.29 is 18.9 Å². The van der Waals surface area contributed by atoms with Crippen LogP contribution in [0.15, 0.2) is 55.1 Å². The van der Waals surface area contributed by atoms with Crippen molar-refractivity contribution in [3.63, 3.8) is 0 Å². The molecule has 0 unspecified atom stereocenters. The van der Waals surface area contributed by atoms with Gasteiger partial charge >= 0.3 is 0 Å². The fraction of sp³-hybridized carbons (Fsp3) is 0.300. The van der Waals surface area contributed by atoms with Gasteiger partial charge in [0, 0.05) is 18.7 Å². The summed E-state index contributed by atoms with van der Waals surface area (Å²) in [5.41, 5.74) is 1.92. The zero-order chi connectivity index (χ0) is 17.4. The number of hydrogen-bond donors (Lipinski definition) is 0. The molecule has 0 aliphatic rings. The van der Waals surface area contributed by atoms with Crippen molar-refractivity contribution in [2.45, 2.75) is 19.6 Å². The Morgan fingerprint density at radius 3 is 2.42 bits per heavy atom. The van der Waals surface area contributed by atoms with Crippen LogP contribution in [0.4, 0.5) is 0 Å². The Morgan fingerprint density at radius 1 is 1.04 bits per heavy atom. The van der Waals surface area contributed by atoms with Crippen molar-refractivity contribution in [2.75, 3.05) is 20.8 Å². The second kappa shape index (κ2) is 8.99. The largest absolute Gasteiger partial charge is 0.497 e. The maximum atomic E-state index is 5.90. The highest BCUT2D eigenvalue weighted by atomic mass is 16.5. The number of hydrogen-bond acceptors (Lipinski definition) is 4. The van der Waals surface area contributed by atoms with E-state index in [1.54, 1.807) is 14.2 Å². The molecule has 0 N–H and O–H groups in total. The molecule has 0 radical (unpaired) electrons. The van der Waals surface area contributed by atoms with Crippen molar-refractivity contribution in [3.05, 3.63) is 66.2 Å². The zero-order valence-corrected chi connectivity index (χ0v) is 14.5. The van der Waals surface area contributed by atoms with E-state index in [0.29, 0.717) is 30.5 Å². The second-order valence-electron chi connectivity index (χ2n) is 5.48. The number of ether oxygens (including phenoxy) is 4. The lowest BCUT2D eigenvalue weighted by Gasteiger charge is -2.17. The van der Waals surface area contributed by atoms with Gasteiger partial charge in [-0.2, -0.15) is 0 Å². The van der Waals surface area contributed by atoms with Gasteiger partial charge in [0.2, 0.25) is 0 Å². The van der Waals surface area contributed by atoms with Gasteiger partial charge in [-0.1, -0.05) is 36.9 Å². The van der Waals surface area contributed by atoms with Crippen LogP contribution in [0.2, 0.25) is 0 Å². The fourth-order valence-electron chi connectivity index (χ4n) is 2.24. The molecule has 0 aliphatic heterocycles. The van der Waals surface area contributed by atoms with Crippen molar-refractivity contribution in [1.29, 1.82) is 0 Å². The smallest absolute Gasteiger partial charge is 0.124 e. The summed E-state index contributed by atoms with van der Waals surface area (Å²) in [5.74, 6) is 1.96. The Kier molecular flexibility index (Phi) is 6.70. The Hall–Kier alpha value is -2.46. The molecule has 4 heteroatoms. The summed E-state index contributed by atoms with van der Waals surface area (Å²) < 4.78 is 22.1. The van der Waals surface area contributed by atoms with E-state index in [2.05, 4.69) is 6.58 Å². The summed E-state index contributed by atoms with van der Waals surface area (Å²) in [7, 11) is 3.24. The van der Waals surface area contributed by atoms with Crippen LogP contribution in [0.1, 0.15) is 18.1 Å². The lowest BCUT2D eigenvalue weighted by atomic mass is 10.1. The summed E-state index contributed by atoms with van der Waals surface area (Å²) in [6.07, 6.45) is -0.0666. The minimum absolute atomic E-state index is 0.0666. The molecular formula is C20H24O4. The molecule has 0 fully saturated rings. The Balaban J connectivity index is 2.17. The molecular weight excluding hydrogens is 304 g/mol. The average Bonchev–Trinajstić information content (AvgIpc) is 2.60. The lowest BCUT2D eigenvalue weighted by Crippen LogP contribution is -2.18. The van der Waals surface area contributed by atoms with Crippen LogP contribution in [0.3, 0.4) is 0 Å². The first-order chi connectivity index (χ1) is 11.6. The van der Waals surface area contributed by atoms with Crippen LogP contribution in [-0.2, 0) is 16.1 Å². The summed E-state index contributed by atoms with van der Waals surface area (Å²) in [5, 5.41) is 0. The number of benzene rings is 2. The van der Waals surface area contributed by atoms with Crippen LogP contribution in [-0.4, -0.2) is 26.9 Å². The highest BCUT2D eigenvalue weighted by Gasteiger charge is 2.10. The van der Waals surface area contributed by atoms with E-state index >= 15 is 0 Å². The zero-order valence-electron chi connectivity index (χ0n) is 14.5. The molecule has 2 aromatic rings. The van der Waals surface area contributed by atoms with E-state index < -0.39 is 0 Å². The summed E-state index contributed by atoms with van der Waals surface area (Å²) in [6.45, 7) is 6.84. The maximum absolute atomic E-state index is 5.90. The molecule has 0 bridgehead atoms. The van der Waals surface area contributed by atoms with Crippen LogP contribution in [0.5, 0.6) is 11.5 Å². The molecule has 24 heavy (non-hydrogen) atoms. The first-order valence-corrected chi connectivity index (χ1v) is 7.83.